The van der Waals surface area contributed by atoms with Crippen LogP contribution in [0.15, 0.2) is 24.5 Å². The summed E-state index contributed by atoms with van der Waals surface area (Å²) in [6.07, 6.45) is 6.58. The van der Waals surface area contributed by atoms with Gasteiger partial charge < -0.3 is 9.47 Å². The van der Waals surface area contributed by atoms with E-state index < -0.39 is 6.10 Å². The van der Waals surface area contributed by atoms with E-state index in [0.717, 1.165) is 0 Å². The molecule has 1 rings (SSSR count). The van der Waals surface area contributed by atoms with Crippen molar-refractivity contribution in [2.24, 2.45) is 0 Å². The fraction of sp³-hybridized carbons (Fsp3) is 0.333. The lowest BCUT2D eigenvalue weighted by Crippen LogP contribution is -2.24. The maximum Gasteiger partial charge on any atom is 0.351 e. The zero-order chi connectivity index (χ0) is 8.81. The molecule has 1 aliphatic heterocycles. The van der Waals surface area contributed by atoms with E-state index in [-0.39, 0.29) is 5.97 Å². The summed E-state index contributed by atoms with van der Waals surface area (Å²) in [6, 6.07) is 0. The van der Waals surface area contributed by atoms with Crippen LogP contribution in [0, 0.1) is 6.92 Å². The molecule has 1 unspecified atom stereocenters. The van der Waals surface area contributed by atoms with E-state index in [2.05, 4.69) is 6.92 Å². The first-order valence-corrected chi connectivity index (χ1v) is 3.79. The van der Waals surface area contributed by atoms with Crippen LogP contribution in [0.3, 0.4) is 0 Å². The van der Waals surface area contributed by atoms with Gasteiger partial charge in [0, 0.05) is 0 Å². The summed E-state index contributed by atoms with van der Waals surface area (Å²) in [5.74, 6) is -0.362. The molecule has 0 aliphatic carbocycles. The third kappa shape index (κ3) is 2.42. The van der Waals surface area contributed by atoms with Crippen molar-refractivity contribution in [1.82, 2.24) is 0 Å². The van der Waals surface area contributed by atoms with Crippen molar-refractivity contribution in [1.29, 1.82) is 0 Å². The maximum absolute atomic E-state index is 11.1. The Kier molecular flexibility index (Phi) is 3.38. The Morgan fingerprint density at radius 1 is 1.58 bits per heavy atom. The summed E-state index contributed by atoms with van der Waals surface area (Å²) in [7, 11) is 0. The summed E-state index contributed by atoms with van der Waals surface area (Å²) in [4.78, 5) is 11.1. The van der Waals surface area contributed by atoms with E-state index in [4.69, 9.17) is 9.47 Å². The van der Waals surface area contributed by atoms with Gasteiger partial charge in [-0.2, -0.15) is 0 Å². The van der Waals surface area contributed by atoms with Gasteiger partial charge in [0.05, 0.1) is 12.9 Å². The first-order chi connectivity index (χ1) is 5.84. The molecular weight excluding hydrogens is 156 g/mol. The number of rotatable bonds is 3. The number of ether oxygens (including phenoxy) is 2. The van der Waals surface area contributed by atoms with Crippen molar-refractivity contribution in [3.63, 3.8) is 0 Å². The van der Waals surface area contributed by atoms with Gasteiger partial charge >= 0.3 is 5.97 Å². The maximum atomic E-state index is 11.1. The molecule has 0 spiro atoms. The minimum Gasteiger partial charge on any atom is -0.482 e. The quantitative estimate of drug-likeness (QED) is 0.593. The number of hydrogen-bond donors (Lipinski definition) is 0. The Morgan fingerprint density at radius 3 is 3.00 bits per heavy atom. The van der Waals surface area contributed by atoms with E-state index in [0.29, 0.717) is 13.0 Å². The lowest BCUT2D eigenvalue weighted by atomic mass is 10.3. The first kappa shape index (κ1) is 8.84. The Morgan fingerprint density at radius 2 is 2.42 bits per heavy atom. The Hall–Kier alpha value is -1.25. The fourth-order valence-electron chi connectivity index (χ4n) is 0.775. The van der Waals surface area contributed by atoms with Gasteiger partial charge in [0.15, 0.2) is 0 Å². The summed E-state index contributed by atoms with van der Waals surface area (Å²) >= 11 is 0. The molecular formula is C9H11O3. The number of carbonyl (C=O) groups is 1. The van der Waals surface area contributed by atoms with Crippen molar-refractivity contribution in [2.75, 3.05) is 6.61 Å². The molecule has 0 aromatic rings. The van der Waals surface area contributed by atoms with Crippen LogP contribution in [-0.2, 0) is 14.3 Å². The van der Waals surface area contributed by atoms with E-state index in [9.17, 15) is 4.79 Å². The third-order valence-corrected chi connectivity index (χ3v) is 1.32. The summed E-state index contributed by atoms with van der Waals surface area (Å²) in [6.45, 7) is 3.90. The van der Waals surface area contributed by atoms with Crippen molar-refractivity contribution in [3.05, 3.63) is 31.4 Å². The SMILES string of the molecule is [CH2]CCOC(=O)C1C=CC=CO1. The smallest absolute Gasteiger partial charge is 0.351 e. The molecule has 1 heterocycles. The van der Waals surface area contributed by atoms with Crippen LogP contribution in [0.4, 0.5) is 0 Å². The van der Waals surface area contributed by atoms with E-state index in [1.165, 1.54) is 6.26 Å². The topological polar surface area (TPSA) is 35.5 Å². The predicted molar refractivity (Wildman–Crippen MR) is 44.1 cm³/mol. The molecule has 1 aliphatic rings. The molecule has 0 amide bonds. The lowest BCUT2D eigenvalue weighted by Gasteiger charge is -2.13. The molecule has 0 aromatic heterocycles. The highest BCUT2D eigenvalue weighted by Crippen LogP contribution is 2.04. The Labute approximate surface area is 71.7 Å². The molecule has 0 bridgehead atoms. The minimum absolute atomic E-state index is 0.343. The van der Waals surface area contributed by atoms with E-state index in [1.807, 2.05) is 0 Å². The molecule has 0 saturated carbocycles. The van der Waals surface area contributed by atoms with Crippen LogP contribution < -0.4 is 0 Å². The largest absolute Gasteiger partial charge is 0.482 e. The van der Waals surface area contributed by atoms with Gasteiger partial charge in [0.25, 0.3) is 0 Å². The molecule has 0 aromatic carbocycles. The van der Waals surface area contributed by atoms with Gasteiger partial charge in [-0.25, -0.2) is 4.79 Å². The van der Waals surface area contributed by atoms with Gasteiger partial charge in [-0.15, -0.1) is 0 Å². The van der Waals surface area contributed by atoms with Gasteiger partial charge in [0.1, 0.15) is 0 Å². The Bertz CT molecular complexity index is 206. The van der Waals surface area contributed by atoms with Crippen LogP contribution in [0.5, 0.6) is 0 Å². The van der Waals surface area contributed by atoms with E-state index >= 15 is 0 Å². The van der Waals surface area contributed by atoms with Gasteiger partial charge in [0.2, 0.25) is 6.10 Å². The second-order valence-corrected chi connectivity index (χ2v) is 2.29. The summed E-state index contributed by atoms with van der Waals surface area (Å²) in [5.41, 5.74) is 0. The molecule has 1 radical (unpaired) electrons. The highest BCUT2D eigenvalue weighted by Gasteiger charge is 2.17. The number of hydrogen-bond acceptors (Lipinski definition) is 3. The molecule has 1 atom stereocenters. The van der Waals surface area contributed by atoms with Crippen LogP contribution in [-0.4, -0.2) is 18.7 Å². The number of esters is 1. The molecule has 0 N–H and O–H groups in total. The van der Waals surface area contributed by atoms with Crippen LogP contribution in [0.2, 0.25) is 0 Å². The van der Waals surface area contributed by atoms with Gasteiger partial charge in [-0.05, 0) is 25.5 Å². The van der Waals surface area contributed by atoms with Crippen molar-refractivity contribution in [2.45, 2.75) is 12.5 Å². The highest BCUT2D eigenvalue weighted by molar-refractivity contribution is 5.77. The normalized spacial score (nSPS) is 20.2. The van der Waals surface area contributed by atoms with Crippen LogP contribution in [0.1, 0.15) is 6.42 Å². The second kappa shape index (κ2) is 4.59. The molecule has 65 valence electrons. The zero-order valence-corrected chi connectivity index (χ0v) is 6.73. The first-order valence-electron chi connectivity index (χ1n) is 3.79. The number of allylic oxidation sites excluding steroid dienone is 2. The predicted octanol–water partition coefficient (Wildman–Crippen LogP) is 1.22. The monoisotopic (exact) mass is 167 g/mol. The van der Waals surface area contributed by atoms with Crippen LogP contribution in [0.25, 0.3) is 0 Å². The standard InChI is InChI=1S/C9H11O3/c1-2-6-12-9(10)8-5-3-4-7-11-8/h3-5,7-8H,1-2,6H2. The average Bonchev–Trinajstić information content (AvgIpc) is 2.15. The Balaban J connectivity index is 2.32. The summed E-state index contributed by atoms with van der Waals surface area (Å²) in [5, 5.41) is 0. The van der Waals surface area contributed by atoms with Gasteiger partial charge in [-0.3, -0.25) is 0 Å². The van der Waals surface area contributed by atoms with Crippen molar-refractivity contribution < 1.29 is 14.3 Å². The second-order valence-electron chi connectivity index (χ2n) is 2.29. The minimum atomic E-state index is -0.582. The molecule has 0 saturated heterocycles. The third-order valence-electron chi connectivity index (χ3n) is 1.32. The molecule has 3 heteroatoms. The van der Waals surface area contributed by atoms with Crippen molar-refractivity contribution >= 4 is 5.97 Å². The van der Waals surface area contributed by atoms with Gasteiger partial charge in [-0.1, -0.05) is 6.08 Å². The molecule has 3 nitrogen and oxygen atoms in total. The highest BCUT2D eigenvalue weighted by atomic mass is 16.6. The molecule has 0 fully saturated rings. The van der Waals surface area contributed by atoms with E-state index in [1.54, 1.807) is 18.2 Å². The molecule has 12 heavy (non-hydrogen) atoms. The van der Waals surface area contributed by atoms with Crippen LogP contribution >= 0.6 is 0 Å². The van der Waals surface area contributed by atoms with Crippen molar-refractivity contribution in [3.8, 4) is 0 Å². The fourth-order valence-corrected chi connectivity index (χ4v) is 0.775. The summed E-state index contributed by atoms with van der Waals surface area (Å²) < 4.78 is 9.79. The average molecular weight is 167 g/mol. The number of carbonyl (C=O) groups excluding carboxylic acids is 1. The zero-order valence-electron chi connectivity index (χ0n) is 6.73. The lowest BCUT2D eigenvalue weighted by molar-refractivity contribution is -0.151.